The van der Waals surface area contributed by atoms with Crippen molar-refractivity contribution in [2.45, 2.75) is 86.9 Å². The summed E-state index contributed by atoms with van der Waals surface area (Å²) in [5.74, 6) is 0.421. The van der Waals surface area contributed by atoms with E-state index in [1.807, 2.05) is 0 Å². The van der Waals surface area contributed by atoms with Gasteiger partial charge < -0.3 is 24.3 Å². The standard InChI is InChI=1S/C23H23ClF3N3O6/c24-10-1-2-16-12(5-10)15(31)8-19(33-16)20(32)28-14-7-17-13(6-18(14)34-17)22-30-29-21(35-22)9-3-11(4-9)36-23(25,26)27/h1-2,5,9,11,13-15,17-19,31H,3-4,6-8H2,(H,28,32)/t9?,11?,13-,14-,15-,17+,18+,19-/m1/s1. The van der Waals surface area contributed by atoms with Crippen LogP contribution in [0.4, 0.5) is 13.2 Å². The van der Waals surface area contributed by atoms with Gasteiger partial charge in [0.05, 0.1) is 36.4 Å². The number of nitrogens with zero attached hydrogens (tertiary/aromatic N) is 2. The molecule has 2 bridgehead atoms. The smallest absolute Gasteiger partial charge is 0.480 e. The minimum Gasteiger partial charge on any atom is -0.480 e. The van der Waals surface area contributed by atoms with Crippen molar-refractivity contribution >= 4 is 17.5 Å². The topological polar surface area (TPSA) is 116 Å². The molecule has 36 heavy (non-hydrogen) atoms. The third-order valence-electron chi connectivity index (χ3n) is 7.39. The van der Waals surface area contributed by atoms with Crippen LogP contribution in [-0.4, -0.2) is 58.0 Å². The van der Waals surface area contributed by atoms with Crippen molar-refractivity contribution in [3.8, 4) is 5.75 Å². The molecule has 9 nitrogen and oxygen atoms in total. The van der Waals surface area contributed by atoms with E-state index in [-0.39, 0.29) is 55.3 Å². The van der Waals surface area contributed by atoms with Crippen LogP contribution in [0.1, 0.15) is 67.4 Å². The van der Waals surface area contributed by atoms with Crippen molar-refractivity contribution in [2.24, 2.45) is 0 Å². The third-order valence-corrected chi connectivity index (χ3v) is 7.63. The molecule has 6 rings (SSSR count). The molecule has 0 radical (unpaired) electrons. The number of halogens is 4. The Hall–Kier alpha value is -2.41. The molecule has 2 saturated heterocycles. The second kappa shape index (κ2) is 8.86. The Morgan fingerprint density at radius 2 is 1.89 bits per heavy atom. The van der Waals surface area contributed by atoms with Gasteiger partial charge >= 0.3 is 6.36 Å². The van der Waals surface area contributed by atoms with Gasteiger partial charge in [-0.25, -0.2) is 0 Å². The lowest BCUT2D eigenvalue weighted by atomic mass is 9.82. The van der Waals surface area contributed by atoms with E-state index in [0.717, 1.165) is 0 Å². The first-order valence-electron chi connectivity index (χ1n) is 11.8. The number of fused-ring (bicyclic) bond motifs is 3. The Morgan fingerprint density at radius 3 is 2.61 bits per heavy atom. The summed E-state index contributed by atoms with van der Waals surface area (Å²) in [4.78, 5) is 12.9. The van der Waals surface area contributed by atoms with E-state index >= 15 is 0 Å². The first-order chi connectivity index (χ1) is 17.1. The number of hydrogen-bond donors (Lipinski definition) is 2. The number of carbonyl (C=O) groups is 1. The maximum Gasteiger partial charge on any atom is 0.522 e. The normalized spacial score (nSPS) is 35.1. The van der Waals surface area contributed by atoms with Crippen molar-refractivity contribution in [3.63, 3.8) is 0 Å². The van der Waals surface area contributed by atoms with Crippen LogP contribution in [0, 0.1) is 0 Å². The molecule has 4 heterocycles. The van der Waals surface area contributed by atoms with E-state index in [1.165, 1.54) is 0 Å². The summed E-state index contributed by atoms with van der Waals surface area (Å²) in [6.07, 6.45) is -6.12. The lowest BCUT2D eigenvalue weighted by Gasteiger charge is -2.32. The molecule has 2 aromatic rings. The molecule has 0 spiro atoms. The van der Waals surface area contributed by atoms with Crippen molar-refractivity contribution in [2.75, 3.05) is 0 Å². The molecule has 1 aromatic heterocycles. The van der Waals surface area contributed by atoms with Gasteiger partial charge in [0, 0.05) is 22.9 Å². The van der Waals surface area contributed by atoms with E-state index in [9.17, 15) is 23.1 Å². The van der Waals surface area contributed by atoms with Crippen LogP contribution in [0.15, 0.2) is 22.6 Å². The molecule has 3 fully saturated rings. The quantitative estimate of drug-likeness (QED) is 0.604. The molecule has 13 heteroatoms. The lowest BCUT2D eigenvalue weighted by Crippen LogP contribution is -2.49. The highest BCUT2D eigenvalue weighted by Gasteiger charge is 2.51. The Kier molecular flexibility index (Phi) is 5.90. The zero-order chi connectivity index (χ0) is 25.2. The van der Waals surface area contributed by atoms with Gasteiger partial charge in [-0.1, -0.05) is 11.6 Å². The van der Waals surface area contributed by atoms with Gasteiger partial charge in [0.2, 0.25) is 11.8 Å². The molecule has 1 saturated carbocycles. The summed E-state index contributed by atoms with van der Waals surface area (Å²) in [6.45, 7) is 0. The van der Waals surface area contributed by atoms with Crippen LogP contribution in [0.25, 0.3) is 0 Å². The summed E-state index contributed by atoms with van der Waals surface area (Å²) in [6, 6.07) is 4.68. The van der Waals surface area contributed by atoms with Crippen molar-refractivity contribution < 1.29 is 41.7 Å². The maximum atomic E-state index is 12.9. The summed E-state index contributed by atoms with van der Waals surface area (Å²) < 4.78 is 58.6. The summed E-state index contributed by atoms with van der Waals surface area (Å²) in [5.41, 5.74) is 0.557. The molecule has 4 aliphatic rings. The van der Waals surface area contributed by atoms with Gasteiger partial charge in [0.1, 0.15) is 5.75 Å². The van der Waals surface area contributed by atoms with E-state index < -0.39 is 24.7 Å². The summed E-state index contributed by atoms with van der Waals surface area (Å²) in [7, 11) is 0. The summed E-state index contributed by atoms with van der Waals surface area (Å²) in [5, 5.41) is 22.0. The molecule has 1 aliphatic carbocycles. The molecule has 194 valence electrons. The van der Waals surface area contributed by atoms with Crippen LogP contribution in [0.3, 0.4) is 0 Å². The summed E-state index contributed by atoms with van der Waals surface area (Å²) >= 11 is 5.98. The molecular weight excluding hydrogens is 507 g/mol. The first kappa shape index (κ1) is 24.0. The van der Waals surface area contributed by atoms with E-state index in [0.29, 0.717) is 41.0 Å². The van der Waals surface area contributed by atoms with Gasteiger partial charge in [-0.05, 0) is 43.9 Å². The van der Waals surface area contributed by atoms with Crippen LogP contribution >= 0.6 is 11.6 Å². The number of aliphatic hydroxyl groups excluding tert-OH is 1. The highest BCUT2D eigenvalue weighted by molar-refractivity contribution is 6.30. The van der Waals surface area contributed by atoms with Gasteiger partial charge in [-0.2, -0.15) is 0 Å². The highest BCUT2D eigenvalue weighted by Crippen LogP contribution is 2.46. The number of rotatable bonds is 5. The zero-order valence-electron chi connectivity index (χ0n) is 18.8. The molecule has 2 N–H and O–H groups in total. The van der Waals surface area contributed by atoms with E-state index in [4.69, 9.17) is 25.5 Å². The number of carbonyl (C=O) groups excluding carboxylic acids is 1. The fourth-order valence-corrected chi connectivity index (χ4v) is 5.72. The Labute approximate surface area is 208 Å². The maximum absolute atomic E-state index is 12.9. The Balaban J connectivity index is 1.02. The molecule has 1 aromatic carbocycles. The molecule has 0 unspecified atom stereocenters. The SMILES string of the molecule is O=C(N[C@@H]1C[C@@H]2O[C@H]1C[C@H]2c1nnc(C2CC(OC(F)(F)F)C2)o1)[C@H]1C[C@@H](O)c2cc(Cl)ccc2O1. The number of ether oxygens (including phenoxy) is 3. The van der Waals surface area contributed by atoms with Crippen molar-refractivity contribution in [3.05, 3.63) is 40.6 Å². The fourth-order valence-electron chi connectivity index (χ4n) is 5.54. The van der Waals surface area contributed by atoms with Crippen LogP contribution < -0.4 is 10.1 Å². The monoisotopic (exact) mass is 529 g/mol. The van der Waals surface area contributed by atoms with Crippen LogP contribution in [0.2, 0.25) is 5.02 Å². The minimum absolute atomic E-state index is 0.115. The molecule has 1 amide bonds. The largest absolute Gasteiger partial charge is 0.522 e. The number of aromatic nitrogens is 2. The minimum atomic E-state index is -4.65. The molecule has 6 atom stereocenters. The van der Waals surface area contributed by atoms with Gasteiger partial charge in [0.15, 0.2) is 6.10 Å². The van der Waals surface area contributed by atoms with Gasteiger partial charge in [-0.15, -0.1) is 23.4 Å². The number of hydrogen-bond acceptors (Lipinski definition) is 8. The zero-order valence-corrected chi connectivity index (χ0v) is 19.5. The lowest BCUT2D eigenvalue weighted by molar-refractivity contribution is -0.352. The van der Waals surface area contributed by atoms with Crippen molar-refractivity contribution in [1.29, 1.82) is 0 Å². The second-order valence-electron chi connectivity index (χ2n) is 9.78. The first-order valence-corrected chi connectivity index (χ1v) is 12.2. The second-order valence-corrected chi connectivity index (χ2v) is 10.2. The number of nitrogens with one attached hydrogen (secondary N) is 1. The van der Waals surface area contributed by atoms with E-state index in [2.05, 4.69) is 20.3 Å². The van der Waals surface area contributed by atoms with Crippen LogP contribution in [-0.2, 0) is 14.3 Å². The average Bonchev–Trinajstić information content (AvgIpc) is 3.51. The fraction of sp³-hybridized carbons (Fsp3) is 0.609. The molecular formula is C23H23ClF3N3O6. The predicted molar refractivity (Wildman–Crippen MR) is 115 cm³/mol. The Bertz CT molecular complexity index is 1160. The number of alkyl halides is 3. The third kappa shape index (κ3) is 4.55. The number of amides is 1. The highest BCUT2D eigenvalue weighted by atomic mass is 35.5. The number of benzene rings is 1. The van der Waals surface area contributed by atoms with Crippen LogP contribution in [0.5, 0.6) is 5.75 Å². The van der Waals surface area contributed by atoms with Gasteiger partial charge in [0.25, 0.3) is 5.91 Å². The average molecular weight is 530 g/mol. The Morgan fingerprint density at radius 1 is 1.11 bits per heavy atom. The van der Waals surface area contributed by atoms with Gasteiger partial charge in [-0.3, -0.25) is 9.53 Å². The molecule has 3 aliphatic heterocycles. The number of aliphatic hydroxyl groups is 1. The van der Waals surface area contributed by atoms with Crippen molar-refractivity contribution in [1.82, 2.24) is 15.5 Å². The van der Waals surface area contributed by atoms with E-state index in [1.54, 1.807) is 18.2 Å². The predicted octanol–water partition coefficient (Wildman–Crippen LogP) is 3.52.